The van der Waals surface area contributed by atoms with Gasteiger partial charge in [0.1, 0.15) is 0 Å². The highest BCUT2D eigenvalue weighted by atomic mass is 16.4. The third-order valence-corrected chi connectivity index (χ3v) is 4.88. The van der Waals surface area contributed by atoms with E-state index in [2.05, 4.69) is 15.5 Å². The van der Waals surface area contributed by atoms with E-state index in [4.69, 9.17) is 4.42 Å². The molecule has 1 atom stereocenters. The molecule has 23 heavy (non-hydrogen) atoms. The quantitative estimate of drug-likeness (QED) is 0.926. The lowest BCUT2D eigenvalue weighted by molar-refractivity contribution is 0.171. The van der Waals surface area contributed by atoms with Crippen LogP contribution in [0.3, 0.4) is 0 Å². The molecule has 1 aromatic heterocycles. The van der Waals surface area contributed by atoms with Gasteiger partial charge in [-0.25, -0.2) is 4.79 Å². The molecule has 1 saturated heterocycles. The minimum atomic E-state index is 0.0109. The Labute approximate surface area is 138 Å². The highest BCUT2D eigenvalue weighted by molar-refractivity contribution is 5.74. The summed E-state index contributed by atoms with van der Waals surface area (Å²) in [5, 5.41) is 11.6. The van der Waals surface area contributed by atoms with E-state index >= 15 is 0 Å². The fraction of sp³-hybridized carbons (Fsp3) is 0.824. The van der Waals surface area contributed by atoms with Crippen LogP contribution in [0.5, 0.6) is 0 Å². The van der Waals surface area contributed by atoms with Crippen LogP contribution in [0.15, 0.2) is 4.42 Å². The van der Waals surface area contributed by atoms with Crippen molar-refractivity contribution >= 4 is 6.03 Å². The van der Waals surface area contributed by atoms with Gasteiger partial charge in [0.25, 0.3) is 0 Å². The summed E-state index contributed by atoms with van der Waals surface area (Å²) in [6.07, 6.45) is 8.16. The molecule has 2 fully saturated rings. The van der Waals surface area contributed by atoms with Crippen LogP contribution in [0, 0.1) is 0 Å². The summed E-state index contributed by atoms with van der Waals surface area (Å²) in [6, 6.07) is 0.168. The molecule has 1 N–H and O–H groups in total. The lowest BCUT2D eigenvalue weighted by Crippen LogP contribution is -2.47. The van der Waals surface area contributed by atoms with Crippen LogP contribution in [0.4, 0.5) is 4.79 Å². The predicted molar refractivity (Wildman–Crippen MR) is 87.3 cm³/mol. The second kappa shape index (κ2) is 7.32. The van der Waals surface area contributed by atoms with Gasteiger partial charge in [0.2, 0.25) is 11.8 Å². The number of carbonyl (C=O) groups is 1. The standard InChI is InChI=1S/C17H28N4O2/c1-12(2)18-17(22)21-10-6-9-14(11-21)16-20-19-15(23-16)13-7-4-3-5-8-13/h12-14H,3-11H2,1-2H3,(H,18,22). The zero-order valence-electron chi connectivity index (χ0n) is 14.3. The van der Waals surface area contributed by atoms with Gasteiger partial charge in [0, 0.05) is 25.0 Å². The molecule has 0 spiro atoms. The summed E-state index contributed by atoms with van der Waals surface area (Å²) < 4.78 is 5.99. The van der Waals surface area contributed by atoms with Crippen LogP contribution in [0.2, 0.25) is 0 Å². The molecule has 2 aliphatic rings. The van der Waals surface area contributed by atoms with Gasteiger partial charge in [0.05, 0.1) is 5.92 Å². The number of rotatable bonds is 3. The highest BCUT2D eigenvalue weighted by Crippen LogP contribution is 2.33. The smallest absolute Gasteiger partial charge is 0.317 e. The molecule has 2 heterocycles. The van der Waals surface area contributed by atoms with Crippen molar-refractivity contribution in [2.24, 2.45) is 0 Å². The van der Waals surface area contributed by atoms with Crippen molar-refractivity contribution in [2.45, 2.75) is 76.7 Å². The summed E-state index contributed by atoms with van der Waals surface area (Å²) in [7, 11) is 0. The maximum Gasteiger partial charge on any atom is 0.317 e. The average molecular weight is 320 g/mol. The number of amides is 2. The summed E-state index contributed by atoms with van der Waals surface area (Å²) in [5.41, 5.74) is 0. The number of piperidine rings is 1. The molecule has 1 aliphatic heterocycles. The second-order valence-corrected chi connectivity index (χ2v) is 7.20. The molecule has 1 aliphatic carbocycles. The van der Waals surface area contributed by atoms with Gasteiger partial charge in [-0.3, -0.25) is 0 Å². The van der Waals surface area contributed by atoms with E-state index in [0.29, 0.717) is 18.4 Å². The number of urea groups is 1. The summed E-state index contributed by atoms with van der Waals surface area (Å²) >= 11 is 0. The first kappa shape index (κ1) is 16.3. The number of hydrogen-bond donors (Lipinski definition) is 1. The van der Waals surface area contributed by atoms with E-state index in [1.165, 1.54) is 19.3 Å². The van der Waals surface area contributed by atoms with Crippen molar-refractivity contribution in [3.63, 3.8) is 0 Å². The number of likely N-dealkylation sites (tertiary alicyclic amines) is 1. The van der Waals surface area contributed by atoms with Gasteiger partial charge in [-0.15, -0.1) is 10.2 Å². The fourth-order valence-electron chi connectivity index (χ4n) is 3.63. The van der Waals surface area contributed by atoms with Gasteiger partial charge in [-0.05, 0) is 39.5 Å². The first-order chi connectivity index (χ1) is 11.1. The normalized spacial score (nSPS) is 23.3. The van der Waals surface area contributed by atoms with Crippen LogP contribution in [0.1, 0.15) is 82.4 Å². The Balaban J connectivity index is 1.62. The summed E-state index contributed by atoms with van der Waals surface area (Å²) in [6.45, 7) is 5.44. The predicted octanol–water partition coefficient (Wildman–Crippen LogP) is 3.41. The SMILES string of the molecule is CC(C)NC(=O)N1CCCC(c2nnc(C3CCCCC3)o2)C1. The Bertz CT molecular complexity index is 522. The van der Waals surface area contributed by atoms with Crippen molar-refractivity contribution in [1.29, 1.82) is 0 Å². The number of nitrogens with zero attached hydrogens (tertiary/aromatic N) is 3. The molecule has 6 heteroatoms. The summed E-state index contributed by atoms with van der Waals surface area (Å²) in [5.74, 6) is 2.14. The number of hydrogen-bond acceptors (Lipinski definition) is 4. The van der Waals surface area contributed by atoms with Gasteiger partial charge < -0.3 is 14.6 Å². The lowest BCUT2D eigenvalue weighted by Gasteiger charge is -2.31. The maximum atomic E-state index is 12.2. The highest BCUT2D eigenvalue weighted by Gasteiger charge is 2.30. The molecule has 128 valence electrons. The fourth-order valence-corrected chi connectivity index (χ4v) is 3.63. The lowest BCUT2D eigenvalue weighted by atomic mass is 9.89. The van der Waals surface area contributed by atoms with E-state index in [1.54, 1.807) is 0 Å². The van der Waals surface area contributed by atoms with E-state index in [-0.39, 0.29) is 18.0 Å². The number of carbonyl (C=O) groups excluding carboxylic acids is 1. The zero-order valence-corrected chi connectivity index (χ0v) is 14.3. The Kier molecular flexibility index (Phi) is 5.18. The molecular formula is C17H28N4O2. The monoisotopic (exact) mass is 320 g/mol. The second-order valence-electron chi connectivity index (χ2n) is 7.20. The molecule has 3 rings (SSSR count). The van der Waals surface area contributed by atoms with Gasteiger partial charge in [-0.2, -0.15) is 0 Å². The van der Waals surface area contributed by atoms with E-state index in [0.717, 1.165) is 38.1 Å². The minimum absolute atomic E-state index is 0.0109. The van der Waals surface area contributed by atoms with Crippen LogP contribution in [-0.2, 0) is 0 Å². The summed E-state index contributed by atoms with van der Waals surface area (Å²) in [4.78, 5) is 14.1. The van der Waals surface area contributed by atoms with Gasteiger partial charge in [-0.1, -0.05) is 19.3 Å². The Morgan fingerprint density at radius 2 is 1.74 bits per heavy atom. The van der Waals surface area contributed by atoms with Crippen LogP contribution < -0.4 is 5.32 Å². The molecule has 0 bridgehead atoms. The van der Waals surface area contributed by atoms with Crippen molar-refractivity contribution < 1.29 is 9.21 Å². The van der Waals surface area contributed by atoms with Crippen LogP contribution in [0.25, 0.3) is 0 Å². The molecule has 1 unspecified atom stereocenters. The third-order valence-electron chi connectivity index (χ3n) is 4.88. The van der Waals surface area contributed by atoms with E-state index in [9.17, 15) is 4.79 Å². The van der Waals surface area contributed by atoms with Crippen molar-refractivity contribution in [2.75, 3.05) is 13.1 Å². The first-order valence-electron chi connectivity index (χ1n) is 9.02. The van der Waals surface area contributed by atoms with Crippen LogP contribution in [-0.4, -0.2) is 40.3 Å². The molecule has 6 nitrogen and oxygen atoms in total. The Hall–Kier alpha value is -1.59. The zero-order chi connectivity index (χ0) is 16.2. The Morgan fingerprint density at radius 1 is 1.09 bits per heavy atom. The molecule has 1 saturated carbocycles. The topological polar surface area (TPSA) is 71.3 Å². The van der Waals surface area contributed by atoms with Crippen molar-refractivity contribution in [1.82, 2.24) is 20.4 Å². The average Bonchev–Trinajstić information content (AvgIpc) is 3.05. The van der Waals surface area contributed by atoms with Gasteiger partial charge >= 0.3 is 6.03 Å². The Morgan fingerprint density at radius 3 is 2.43 bits per heavy atom. The largest absolute Gasteiger partial charge is 0.425 e. The number of nitrogens with one attached hydrogen (secondary N) is 1. The minimum Gasteiger partial charge on any atom is -0.425 e. The van der Waals surface area contributed by atoms with Crippen molar-refractivity contribution in [3.05, 3.63) is 11.8 Å². The van der Waals surface area contributed by atoms with E-state index in [1.807, 2.05) is 18.7 Å². The van der Waals surface area contributed by atoms with Gasteiger partial charge in [0.15, 0.2) is 0 Å². The number of aromatic nitrogens is 2. The first-order valence-corrected chi connectivity index (χ1v) is 9.02. The molecule has 1 aromatic rings. The molecule has 0 aromatic carbocycles. The van der Waals surface area contributed by atoms with Crippen molar-refractivity contribution in [3.8, 4) is 0 Å². The maximum absolute atomic E-state index is 12.2. The molecule has 2 amide bonds. The van der Waals surface area contributed by atoms with E-state index < -0.39 is 0 Å². The molecular weight excluding hydrogens is 292 g/mol. The third kappa shape index (κ3) is 4.03. The molecule has 0 radical (unpaired) electrons. The van der Waals surface area contributed by atoms with Crippen LogP contribution >= 0.6 is 0 Å².